The maximum atomic E-state index is 13.1. The molecule has 0 spiro atoms. The van der Waals surface area contributed by atoms with Crippen molar-refractivity contribution in [3.8, 4) is 0 Å². The molecule has 0 saturated carbocycles. The number of nitro groups is 1. The van der Waals surface area contributed by atoms with Gasteiger partial charge >= 0.3 is 0 Å². The SMILES string of the molecule is O=C(N/C(=C/c1cccc([N+](=O)[O-])c1)C(=O)N1CCCCCC1)c1ccco1. The van der Waals surface area contributed by atoms with Crippen molar-refractivity contribution in [1.82, 2.24) is 10.2 Å². The summed E-state index contributed by atoms with van der Waals surface area (Å²) in [5.41, 5.74) is 0.420. The highest BCUT2D eigenvalue weighted by molar-refractivity contribution is 6.04. The smallest absolute Gasteiger partial charge is 0.291 e. The summed E-state index contributed by atoms with van der Waals surface area (Å²) >= 11 is 0. The van der Waals surface area contributed by atoms with E-state index in [9.17, 15) is 19.7 Å². The van der Waals surface area contributed by atoms with Crippen molar-refractivity contribution in [2.24, 2.45) is 0 Å². The van der Waals surface area contributed by atoms with Crippen molar-refractivity contribution in [2.45, 2.75) is 25.7 Å². The fourth-order valence-electron chi connectivity index (χ4n) is 3.08. The largest absolute Gasteiger partial charge is 0.459 e. The van der Waals surface area contributed by atoms with Crippen LogP contribution in [-0.2, 0) is 4.79 Å². The third-order valence-corrected chi connectivity index (χ3v) is 4.51. The van der Waals surface area contributed by atoms with Gasteiger partial charge in [-0.3, -0.25) is 19.7 Å². The Labute approximate surface area is 162 Å². The predicted molar refractivity (Wildman–Crippen MR) is 102 cm³/mol. The number of carbonyl (C=O) groups is 2. The van der Waals surface area contributed by atoms with Crippen LogP contribution in [0.25, 0.3) is 6.08 Å². The van der Waals surface area contributed by atoms with Crippen LogP contribution in [0.4, 0.5) is 5.69 Å². The molecule has 0 unspecified atom stereocenters. The number of non-ortho nitro benzene ring substituents is 1. The number of nitro benzene ring substituents is 1. The number of benzene rings is 1. The lowest BCUT2D eigenvalue weighted by Gasteiger charge is -2.22. The molecular formula is C20H21N3O5. The molecule has 2 amide bonds. The first-order valence-electron chi connectivity index (χ1n) is 9.15. The molecule has 1 aromatic heterocycles. The molecule has 0 bridgehead atoms. The molecular weight excluding hydrogens is 362 g/mol. The summed E-state index contributed by atoms with van der Waals surface area (Å²) in [7, 11) is 0. The molecule has 28 heavy (non-hydrogen) atoms. The summed E-state index contributed by atoms with van der Waals surface area (Å²) < 4.78 is 5.09. The minimum Gasteiger partial charge on any atom is -0.459 e. The molecule has 0 atom stereocenters. The normalized spacial score (nSPS) is 15.0. The molecule has 8 nitrogen and oxygen atoms in total. The number of amides is 2. The molecule has 3 rings (SSSR count). The Kier molecular flexibility index (Phi) is 6.21. The van der Waals surface area contributed by atoms with E-state index in [-0.39, 0.29) is 23.1 Å². The Morgan fingerprint density at radius 1 is 1.11 bits per heavy atom. The van der Waals surface area contributed by atoms with Crippen molar-refractivity contribution in [3.63, 3.8) is 0 Å². The maximum Gasteiger partial charge on any atom is 0.291 e. The van der Waals surface area contributed by atoms with Gasteiger partial charge in [-0.05, 0) is 36.6 Å². The lowest BCUT2D eigenvalue weighted by atomic mass is 10.1. The second-order valence-electron chi connectivity index (χ2n) is 6.55. The molecule has 1 aliphatic heterocycles. The third kappa shape index (κ3) is 4.85. The number of carbonyl (C=O) groups excluding carboxylic acids is 2. The van der Waals surface area contributed by atoms with Crippen molar-refractivity contribution < 1.29 is 18.9 Å². The van der Waals surface area contributed by atoms with Gasteiger partial charge in [0.05, 0.1) is 11.2 Å². The Hall–Kier alpha value is -3.42. The lowest BCUT2D eigenvalue weighted by Crippen LogP contribution is -2.38. The topological polar surface area (TPSA) is 106 Å². The molecule has 0 aliphatic carbocycles. The zero-order chi connectivity index (χ0) is 19.9. The quantitative estimate of drug-likeness (QED) is 0.484. The van der Waals surface area contributed by atoms with Gasteiger partial charge in [-0.15, -0.1) is 0 Å². The highest BCUT2D eigenvalue weighted by Crippen LogP contribution is 2.18. The van der Waals surface area contributed by atoms with Gasteiger partial charge in [0.1, 0.15) is 5.70 Å². The Morgan fingerprint density at radius 3 is 2.50 bits per heavy atom. The molecule has 1 aliphatic rings. The van der Waals surface area contributed by atoms with Crippen molar-refractivity contribution in [1.29, 1.82) is 0 Å². The fourth-order valence-corrected chi connectivity index (χ4v) is 3.08. The van der Waals surface area contributed by atoms with E-state index in [1.807, 2.05) is 0 Å². The molecule has 1 saturated heterocycles. The molecule has 1 N–H and O–H groups in total. The summed E-state index contributed by atoms with van der Waals surface area (Å²) in [4.78, 5) is 37.7. The van der Waals surface area contributed by atoms with Crippen LogP contribution in [0.3, 0.4) is 0 Å². The number of nitrogens with zero attached hydrogens (tertiary/aromatic N) is 2. The van der Waals surface area contributed by atoms with Gasteiger partial charge in [-0.1, -0.05) is 25.0 Å². The van der Waals surface area contributed by atoms with Crippen LogP contribution in [0, 0.1) is 10.1 Å². The van der Waals surface area contributed by atoms with Gasteiger partial charge in [-0.25, -0.2) is 0 Å². The number of likely N-dealkylation sites (tertiary alicyclic amines) is 1. The number of nitrogens with one attached hydrogen (secondary N) is 1. The van der Waals surface area contributed by atoms with E-state index in [1.165, 1.54) is 36.6 Å². The molecule has 1 aromatic carbocycles. The van der Waals surface area contributed by atoms with E-state index in [0.29, 0.717) is 18.7 Å². The third-order valence-electron chi connectivity index (χ3n) is 4.51. The molecule has 146 valence electrons. The van der Waals surface area contributed by atoms with Gasteiger partial charge < -0.3 is 14.6 Å². The van der Waals surface area contributed by atoms with Crippen LogP contribution >= 0.6 is 0 Å². The first-order valence-corrected chi connectivity index (χ1v) is 9.15. The molecule has 1 fully saturated rings. The predicted octanol–water partition coefficient (Wildman–Crippen LogP) is 3.36. The summed E-state index contributed by atoms with van der Waals surface area (Å²) in [5, 5.41) is 13.6. The van der Waals surface area contributed by atoms with E-state index in [4.69, 9.17) is 4.42 Å². The number of hydrogen-bond donors (Lipinski definition) is 1. The minimum atomic E-state index is -0.551. The highest BCUT2D eigenvalue weighted by Gasteiger charge is 2.22. The zero-order valence-electron chi connectivity index (χ0n) is 15.3. The van der Waals surface area contributed by atoms with E-state index < -0.39 is 10.8 Å². The minimum absolute atomic E-state index is 0.0591. The van der Waals surface area contributed by atoms with Crippen molar-refractivity contribution >= 4 is 23.6 Å². The first kappa shape index (κ1) is 19.3. The van der Waals surface area contributed by atoms with Gasteiger partial charge in [0, 0.05) is 25.2 Å². The molecule has 8 heteroatoms. The van der Waals surface area contributed by atoms with Crippen LogP contribution in [-0.4, -0.2) is 34.7 Å². The average molecular weight is 383 g/mol. The lowest BCUT2D eigenvalue weighted by molar-refractivity contribution is -0.384. The molecule has 0 radical (unpaired) electrons. The van der Waals surface area contributed by atoms with Crippen molar-refractivity contribution in [2.75, 3.05) is 13.1 Å². The first-order chi connectivity index (χ1) is 13.5. The van der Waals surface area contributed by atoms with E-state index in [1.54, 1.807) is 17.0 Å². The van der Waals surface area contributed by atoms with Gasteiger partial charge in [-0.2, -0.15) is 0 Å². The van der Waals surface area contributed by atoms with Crippen LogP contribution in [0.5, 0.6) is 0 Å². The zero-order valence-corrected chi connectivity index (χ0v) is 15.3. The summed E-state index contributed by atoms with van der Waals surface area (Å²) in [6, 6.07) is 8.98. The summed E-state index contributed by atoms with van der Waals surface area (Å²) in [5.74, 6) is -0.785. The molecule has 2 aromatic rings. The highest BCUT2D eigenvalue weighted by atomic mass is 16.6. The number of rotatable bonds is 5. The van der Waals surface area contributed by atoms with Crippen LogP contribution < -0.4 is 5.32 Å². The number of furan rings is 1. The van der Waals surface area contributed by atoms with E-state index in [0.717, 1.165) is 25.7 Å². The van der Waals surface area contributed by atoms with Gasteiger partial charge in [0.15, 0.2) is 5.76 Å². The fraction of sp³-hybridized carbons (Fsp3) is 0.300. The van der Waals surface area contributed by atoms with E-state index >= 15 is 0 Å². The average Bonchev–Trinajstić information content (AvgIpc) is 3.10. The maximum absolute atomic E-state index is 13.1. The summed E-state index contributed by atoms with van der Waals surface area (Å²) in [6.45, 7) is 1.23. The van der Waals surface area contributed by atoms with E-state index in [2.05, 4.69) is 5.32 Å². The van der Waals surface area contributed by atoms with Gasteiger partial charge in [0.25, 0.3) is 17.5 Å². The Morgan fingerprint density at radius 2 is 1.86 bits per heavy atom. The Bertz CT molecular complexity index is 881. The summed E-state index contributed by atoms with van der Waals surface area (Å²) in [6.07, 6.45) is 6.76. The van der Waals surface area contributed by atoms with Crippen molar-refractivity contribution in [3.05, 3.63) is 69.8 Å². The second kappa shape index (κ2) is 8.98. The molecule has 2 heterocycles. The van der Waals surface area contributed by atoms with Crippen LogP contribution in [0.15, 0.2) is 52.8 Å². The second-order valence-corrected chi connectivity index (χ2v) is 6.55. The monoisotopic (exact) mass is 383 g/mol. The Balaban J connectivity index is 1.91. The van der Waals surface area contributed by atoms with Crippen LogP contribution in [0.2, 0.25) is 0 Å². The number of hydrogen-bond acceptors (Lipinski definition) is 5. The van der Waals surface area contributed by atoms with Gasteiger partial charge in [0.2, 0.25) is 0 Å². The van der Waals surface area contributed by atoms with Crippen LogP contribution in [0.1, 0.15) is 41.8 Å². The standard InChI is InChI=1S/C20H21N3O5/c24-19(18-9-6-12-28-18)21-17(20(25)22-10-3-1-2-4-11-22)14-15-7-5-8-16(13-15)23(26)27/h5-9,12-14H,1-4,10-11H2,(H,21,24)/b17-14+.